The number of hydrogen-bond acceptors (Lipinski definition) is 5. The van der Waals surface area contributed by atoms with Gasteiger partial charge in [-0.1, -0.05) is 55.6 Å². The summed E-state index contributed by atoms with van der Waals surface area (Å²) in [6.45, 7) is 3.74. The fraction of sp³-hybridized carbons (Fsp3) is 0.391. The van der Waals surface area contributed by atoms with Gasteiger partial charge in [-0.05, 0) is 42.7 Å². The fourth-order valence-electron chi connectivity index (χ4n) is 4.21. The van der Waals surface area contributed by atoms with Gasteiger partial charge in [-0.15, -0.1) is 0 Å². The molecule has 0 radical (unpaired) electrons. The highest BCUT2D eigenvalue weighted by Gasteiger charge is 2.40. The summed E-state index contributed by atoms with van der Waals surface area (Å²) < 4.78 is 0. The molecular formula is C23H27ClN4O2. The predicted molar refractivity (Wildman–Crippen MR) is 120 cm³/mol. The number of hydrazine groups is 1. The molecule has 0 bridgehead atoms. The number of nitrogens with one attached hydrogen (secondary N) is 1. The van der Waals surface area contributed by atoms with E-state index in [4.69, 9.17) is 16.7 Å². The molecule has 2 aliphatic rings. The van der Waals surface area contributed by atoms with Crippen LogP contribution in [-0.4, -0.2) is 34.8 Å². The molecule has 4 rings (SSSR count). The van der Waals surface area contributed by atoms with Crippen LogP contribution in [-0.2, 0) is 4.79 Å². The zero-order chi connectivity index (χ0) is 21.1. The van der Waals surface area contributed by atoms with Gasteiger partial charge in [0.15, 0.2) is 0 Å². The first-order valence-electron chi connectivity index (χ1n) is 10.5. The molecule has 0 aromatic heterocycles. The van der Waals surface area contributed by atoms with Crippen LogP contribution in [0.5, 0.6) is 5.75 Å². The minimum absolute atomic E-state index is 0.155. The van der Waals surface area contributed by atoms with Crippen LogP contribution in [0, 0.1) is 5.92 Å². The first-order chi connectivity index (χ1) is 14.5. The Morgan fingerprint density at radius 2 is 1.73 bits per heavy atom. The van der Waals surface area contributed by atoms with Crippen molar-refractivity contribution >= 4 is 28.9 Å². The van der Waals surface area contributed by atoms with Crippen LogP contribution in [0.2, 0.25) is 5.02 Å². The van der Waals surface area contributed by atoms with E-state index >= 15 is 0 Å². The van der Waals surface area contributed by atoms with Crippen molar-refractivity contribution in [2.45, 2.75) is 38.6 Å². The topological polar surface area (TPSA) is 68.2 Å². The van der Waals surface area contributed by atoms with Crippen molar-refractivity contribution in [3.05, 3.63) is 59.1 Å². The third kappa shape index (κ3) is 4.30. The number of nitrogens with zero attached hydrogens (tertiary/aromatic N) is 3. The molecule has 2 aromatic carbocycles. The third-order valence-electron chi connectivity index (χ3n) is 5.82. The molecular weight excluding hydrogens is 400 g/mol. The van der Waals surface area contributed by atoms with Gasteiger partial charge in [-0.3, -0.25) is 15.2 Å². The molecule has 158 valence electrons. The number of carbonyl (C=O) groups excluding carboxylic acids is 1. The average molecular weight is 427 g/mol. The van der Waals surface area contributed by atoms with Gasteiger partial charge >= 0.3 is 0 Å². The van der Waals surface area contributed by atoms with Crippen LogP contribution in [0.25, 0.3) is 0 Å². The highest BCUT2D eigenvalue weighted by Crippen LogP contribution is 2.41. The molecule has 7 heteroatoms. The van der Waals surface area contributed by atoms with Crippen LogP contribution in [0.4, 0.5) is 5.69 Å². The van der Waals surface area contributed by atoms with Gasteiger partial charge in [0.05, 0.1) is 16.8 Å². The second-order valence-electron chi connectivity index (χ2n) is 7.95. The van der Waals surface area contributed by atoms with Crippen molar-refractivity contribution in [3.63, 3.8) is 0 Å². The Bertz CT molecular complexity index is 923. The van der Waals surface area contributed by atoms with E-state index < -0.39 is 0 Å². The van der Waals surface area contributed by atoms with E-state index in [1.807, 2.05) is 53.3 Å². The van der Waals surface area contributed by atoms with Gasteiger partial charge in [-0.25, -0.2) is 5.01 Å². The zero-order valence-corrected chi connectivity index (χ0v) is 17.8. The monoisotopic (exact) mass is 426 g/mol. The molecule has 2 aromatic rings. The number of anilines is 1. The van der Waals surface area contributed by atoms with Crippen LogP contribution in [0.15, 0.2) is 53.6 Å². The molecule has 2 N–H and O–H groups in total. The minimum atomic E-state index is -0.199. The summed E-state index contributed by atoms with van der Waals surface area (Å²) in [4.78, 5) is 13.1. The van der Waals surface area contributed by atoms with Crippen molar-refractivity contribution in [1.29, 1.82) is 0 Å². The number of carbonyl (C=O) groups is 1. The van der Waals surface area contributed by atoms with E-state index in [1.165, 1.54) is 12.8 Å². The smallest absolute Gasteiger partial charge is 0.282 e. The number of amides is 1. The number of hydrogen-bond donors (Lipinski definition) is 2. The molecule has 6 nitrogen and oxygen atoms in total. The van der Waals surface area contributed by atoms with Gasteiger partial charge in [0, 0.05) is 19.0 Å². The second-order valence-corrected chi connectivity index (χ2v) is 8.36. The first kappa shape index (κ1) is 20.7. The number of phenols is 1. The molecule has 0 unspecified atom stereocenters. The van der Waals surface area contributed by atoms with E-state index in [0.717, 1.165) is 37.2 Å². The Hall–Kier alpha value is -2.57. The van der Waals surface area contributed by atoms with Crippen LogP contribution < -0.4 is 10.4 Å². The van der Waals surface area contributed by atoms with E-state index in [9.17, 15) is 9.90 Å². The number of para-hydroxylation sites is 1. The summed E-state index contributed by atoms with van der Waals surface area (Å²) in [5.74, 6) is -0.116. The van der Waals surface area contributed by atoms with Crippen molar-refractivity contribution < 1.29 is 9.90 Å². The standard InChI is InChI=1S/C23H27ClN4O2/c1-16-21(23(30)26-27-14-6-2-3-7-15-27)25-28(20-9-5-4-8-19(20)24)22(16)17-10-12-18(29)13-11-17/h4-5,8-13,16,22,29H,2-3,6-7,14-15H2,1H3,(H,26,30)/t16-,22+/m1/s1. The van der Waals surface area contributed by atoms with Gasteiger partial charge in [0.1, 0.15) is 11.5 Å². The largest absolute Gasteiger partial charge is 0.508 e. The molecule has 2 atom stereocenters. The van der Waals surface area contributed by atoms with E-state index in [0.29, 0.717) is 10.7 Å². The quantitative estimate of drug-likeness (QED) is 0.754. The summed E-state index contributed by atoms with van der Waals surface area (Å²) >= 11 is 6.47. The molecule has 0 spiro atoms. The van der Waals surface area contributed by atoms with E-state index in [1.54, 1.807) is 12.1 Å². The lowest BCUT2D eigenvalue weighted by molar-refractivity contribution is -0.119. The molecule has 1 amide bonds. The van der Waals surface area contributed by atoms with Gasteiger partial charge in [-0.2, -0.15) is 5.10 Å². The van der Waals surface area contributed by atoms with Crippen molar-refractivity contribution in [1.82, 2.24) is 10.4 Å². The average Bonchev–Trinajstić information content (AvgIpc) is 2.89. The highest BCUT2D eigenvalue weighted by molar-refractivity contribution is 6.40. The molecule has 1 saturated heterocycles. The summed E-state index contributed by atoms with van der Waals surface area (Å²) in [7, 11) is 0. The number of aromatic hydroxyl groups is 1. The maximum Gasteiger partial charge on any atom is 0.282 e. The summed E-state index contributed by atoms with van der Waals surface area (Å²) in [5, 5.41) is 18.9. The lowest BCUT2D eigenvalue weighted by atomic mass is 9.91. The maximum atomic E-state index is 13.1. The number of rotatable bonds is 4. The van der Waals surface area contributed by atoms with E-state index in [2.05, 4.69) is 5.43 Å². The fourth-order valence-corrected chi connectivity index (χ4v) is 4.43. The lowest BCUT2D eigenvalue weighted by Crippen LogP contribution is -2.46. The van der Waals surface area contributed by atoms with Gasteiger partial charge in [0.2, 0.25) is 0 Å². The minimum Gasteiger partial charge on any atom is -0.508 e. The molecule has 0 aliphatic carbocycles. The highest BCUT2D eigenvalue weighted by atomic mass is 35.5. The Kier molecular flexibility index (Phi) is 6.25. The second kappa shape index (κ2) is 9.06. The summed E-state index contributed by atoms with van der Waals surface area (Å²) in [6.07, 6.45) is 4.58. The molecule has 0 saturated carbocycles. The first-order valence-corrected chi connectivity index (χ1v) is 10.9. The predicted octanol–water partition coefficient (Wildman–Crippen LogP) is 4.51. The molecule has 1 fully saturated rings. The zero-order valence-electron chi connectivity index (χ0n) is 17.1. The van der Waals surface area contributed by atoms with Crippen LogP contribution in [0.1, 0.15) is 44.2 Å². The van der Waals surface area contributed by atoms with Crippen molar-refractivity contribution in [2.75, 3.05) is 18.1 Å². The Labute approximate surface area is 182 Å². The summed E-state index contributed by atoms with van der Waals surface area (Å²) in [6, 6.07) is 14.3. The number of phenolic OH excluding ortho intramolecular Hbond substituents is 1. The number of benzene rings is 2. The Morgan fingerprint density at radius 3 is 2.40 bits per heavy atom. The normalized spacial score (nSPS) is 22.5. The molecule has 2 aliphatic heterocycles. The molecule has 30 heavy (non-hydrogen) atoms. The molecule has 2 heterocycles. The van der Waals surface area contributed by atoms with Crippen LogP contribution in [0.3, 0.4) is 0 Å². The lowest BCUT2D eigenvalue weighted by Gasteiger charge is -2.27. The van der Waals surface area contributed by atoms with Gasteiger partial charge in [0.25, 0.3) is 5.91 Å². The summed E-state index contributed by atoms with van der Waals surface area (Å²) in [5.41, 5.74) is 5.26. The SMILES string of the molecule is C[C@@H]1C(C(=O)NN2CCCCCC2)=NN(c2ccccc2Cl)[C@@H]1c1ccc(O)cc1. The third-order valence-corrected chi connectivity index (χ3v) is 6.14. The number of hydrazone groups is 1. The van der Waals surface area contributed by atoms with Gasteiger partial charge < -0.3 is 5.11 Å². The van der Waals surface area contributed by atoms with Crippen LogP contribution >= 0.6 is 11.6 Å². The Morgan fingerprint density at radius 1 is 1.07 bits per heavy atom. The van der Waals surface area contributed by atoms with E-state index in [-0.39, 0.29) is 23.6 Å². The maximum absolute atomic E-state index is 13.1. The van der Waals surface area contributed by atoms with Crippen molar-refractivity contribution in [3.8, 4) is 5.75 Å². The Balaban J connectivity index is 1.65. The number of halogens is 1. The van der Waals surface area contributed by atoms with Crippen molar-refractivity contribution in [2.24, 2.45) is 11.0 Å².